The lowest BCUT2D eigenvalue weighted by atomic mass is 10.2. The Hall–Kier alpha value is -3.13. The molecule has 3 aromatic rings. The number of halogens is 1. The Morgan fingerprint density at radius 2 is 2.00 bits per heavy atom. The maximum absolute atomic E-state index is 11.6. The van der Waals surface area contributed by atoms with E-state index in [2.05, 4.69) is 15.5 Å². The lowest BCUT2D eigenvalue weighted by molar-refractivity contribution is -0.144. The second kappa shape index (κ2) is 7.63. The number of ether oxygens (including phenoxy) is 1. The summed E-state index contributed by atoms with van der Waals surface area (Å²) in [6, 6.07) is 9.95. The summed E-state index contributed by atoms with van der Waals surface area (Å²) in [5.41, 5.74) is 0.719. The highest BCUT2D eigenvalue weighted by molar-refractivity contribution is 6.30. The number of hydrogen-bond acceptors (Lipinski definition) is 7. The Morgan fingerprint density at radius 1 is 1.20 bits per heavy atom. The first-order valence-corrected chi connectivity index (χ1v) is 7.55. The molecule has 1 aromatic carbocycles. The van der Waals surface area contributed by atoms with Gasteiger partial charge in [0.25, 0.3) is 11.8 Å². The Bertz CT molecular complexity index is 858. The van der Waals surface area contributed by atoms with Gasteiger partial charge in [-0.05, 0) is 36.4 Å². The summed E-state index contributed by atoms with van der Waals surface area (Å²) >= 11 is 5.82. The standard InChI is InChI=1S/C16H12ClN3O5/c17-11-5-3-10(4-6-11)15-19-13(25-20-15)9-24-14(21)8-18-16(22)12-2-1-7-23-12/h1-7H,8-9H2,(H,18,22). The second-order valence-electron chi connectivity index (χ2n) is 4.84. The molecule has 0 atom stereocenters. The van der Waals surface area contributed by atoms with Crippen LogP contribution in [0.25, 0.3) is 11.4 Å². The number of carbonyl (C=O) groups is 2. The maximum atomic E-state index is 11.6. The van der Waals surface area contributed by atoms with Crippen molar-refractivity contribution in [1.29, 1.82) is 0 Å². The van der Waals surface area contributed by atoms with E-state index in [0.29, 0.717) is 10.8 Å². The van der Waals surface area contributed by atoms with Gasteiger partial charge in [-0.15, -0.1) is 0 Å². The zero-order chi connectivity index (χ0) is 17.6. The molecule has 0 saturated carbocycles. The second-order valence-corrected chi connectivity index (χ2v) is 5.28. The topological polar surface area (TPSA) is 107 Å². The third-order valence-electron chi connectivity index (χ3n) is 3.07. The van der Waals surface area contributed by atoms with Crippen LogP contribution in [-0.2, 0) is 16.1 Å². The zero-order valence-electron chi connectivity index (χ0n) is 12.8. The molecule has 1 amide bonds. The zero-order valence-corrected chi connectivity index (χ0v) is 13.5. The molecule has 0 radical (unpaired) electrons. The minimum absolute atomic E-state index is 0.109. The summed E-state index contributed by atoms with van der Waals surface area (Å²) in [6.45, 7) is -0.506. The van der Waals surface area contributed by atoms with Crippen molar-refractivity contribution in [3.63, 3.8) is 0 Å². The fraction of sp³-hybridized carbons (Fsp3) is 0.125. The van der Waals surface area contributed by atoms with Gasteiger partial charge in [-0.2, -0.15) is 4.98 Å². The van der Waals surface area contributed by atoms with E-state index in [0.717, 1.165) is 5.56 Å². The number of carbonyl (C=O) groups excluding carboxylic acids is 2. The lowest BCUT2D eigenvalue weighted by Crippen LogP contribution is -2.30. The number of benzene rings is 1. The van der Waals surface area contributed by atoms with E-state index >= 15 is 0 Å². The van der Waals surface area contributed by atoms with Crippen molar-refractivity contribution in [2.45, 2.75) is 6.61 Å². The van der Waals surface area contributed by atoms with E-state index in [1.807, 2.05) is 0 Å². The highest BCUT2D eigenvalue weighted by atomic mass is 35.5. The fourth-order valence-corrected chi connectivity index (χ4v) is 2.00. The predicted octanol–water partition coefficient (Wildman–Crippen LogP) is 2.46. The fourth-order valence-electron chi connectivity index (χ4n) is 1.87. The molecule has 0 aliphatic heterocycles. The summed E-state index contributed by atoms with van der Waals surface area (Å²) in [7, 11) is 0. The molecule has 0 aliphatic carbocycles. The first-order chi connectivity index (χ1) is 12.1. The van der Waals surface area contributed by atoms with Crippen molar-refractivity contribution in [2.24, 2.45) is 0 Å². The SMILES string of the molecule is O=C(CNC(=O)c1ccco1)OCc1nc(-c2ccc(Cl)cc2)no1. The molecule has 0 spiro atoms. The number of amides is 1. The molecular weight excluding hydrogens is 350 g/mol. The summed E-state index contributed by atoms with van der Waals surface area (Å²) in [6.07, 6.45) is 1.36. The molecule has 2 aromatic heterocycles. The van der Waals surface area contributed by atoms with Gasteiger partial charge in [0.1, 0.15) is 6.54 Å². The highest BCUT2D eigenvalue weighted by Crippen LogP contribution is 2.18. The van der Waals surface area contributed by atoms with Crippen LogP contribution in [0.4, 0.5) is 0 Å². The minimum Gasteiger partial charge on any atom is -0.459 e. The summed E-state index contributed by atoms with van der Waals surface area (Å²) in [5, 5.41) is 6.77. The molecule has 0 saturated heterocycles. The van der Waals surface area contributed by atoms with Crippen molar-refractivity contribution in [2.75, 3.05) is 6.54 Å². The molecule has 0 unspecified atom stereocenters. The smallest absolute Gasteiger partial charge is 0.325 e. The predicted molar refractivity (Wildman–Crippen MR) is 85.6 cm³/mol. The van der Waals surface area contributed by atoms with E-state index in [1.165, 1.54) is 12.3 Å². The summed E-state index contributed by atoms with van der Waals surface area (Å²) in [4.78, 5) is 27.4. The summed E-state index contributed by atoms with van der Waals surface area (Å²) in [5.74, 6) is -0.558. The molecule has 0 aliphatic rings. The summed E-state index contributed by atoms with van der Waals surface area (Å²) < 4.78 is 14.9. The van der Waals surface area contributed by atoms with Crippen LogP contribution >= 0.6 is 11.6 Å². The van der Waals surface area contributed by atoms with Crippen molar-refractivity contribution >= 4 is 23.5 Å². The van der Waals surface area contributed by atoms with E-state index in [4.69, 9.17) is 25.3 Å². The third-order valence-corrected chi connectivity index (χ3v) is 3.32. The van der Waals surface area contributed by atoms with E-state index in [-0.39, 0.29) is 24.8 Å². The molecule has 128 valence electrons. The lowest BCUT2D eigenvalue weighted by Gasteiger charge is -2.03. The van der Waals surface area contributed by atoms with Gasteiger partial charge in [0, 0.05) is 10.6 Å². The molecule has 9 heteroatoms. The van der Waals surface area contributed by atoms with Crippen LogP contribution in [0.5, 0.6) is 0 Å². The number of furan rings is 1. The normalized spacial score (nSPS) is 10.4. The van der Waals surface area contributed by atoms with Gasteiger partial charge in [-0.25, -0.2) is 0 Å². The van der Waals surface area contributed by atoms with Crippen LogP contribution in [0.3, 0.4) is 0 Å². The first-order valence-electron chi connectivity index (χ1n) is 7.17. The van der Waals surface area contributed by atoms with Gasteiger partial charge in [0.15, 0.2) is 12.4 Å². The molecule has 8 nitrogen and oxygen atoms in total. The monoisotopic (exact) mass is 361 g/mol. The molecule has 0 fully saturated rings. The van der Waals surface area contributed by atoms with Crippen molar-refractivity contribution < 1.29 is 23.3 Å². The number of aromatic nitrogens is 2. The van der Waals surface area contributed by atoms with Gasteiger partial charge in [-0.1, -0.05) is 16.8 Å². The Kier molecular flexibility index (Phi) is 5.10. The van der Waals surface area contributed by atoms with E-state index < -0.39 is 11.9 Å². The van der Waals surface area contributed by atoms with Crippen LogP contribution in [0.15, 0.2) is 51.6 Å². The van der Waals surface area contributed by atoms with Crippen LogP contribution in [0.2, 0.25) is 5.02 Å². The number of nitrogens with zero attached hydrogens (tertiary/aromatic N) is 2. The van der Waals surface area contributed by atoms with Crippen molar-refractivity contribution in [3.05, 3.63) is 59.3 Å². The highest BCUT2D eigenvalue weighted by Gasteiger charge is 2.13. The number of esters is 1. The quantitative estimate of drug-likeness (QED) is 0.672. The van der Waals surface area contributed by atoms with Gasteiger partial charge >= 0.3 is 5.97 Å². The largest absolute Gasteiger partial charge is 0.459 e. The Morgan fingerprint density at radius 3 is 2.72 bits per heavy atom. The Labute approximate surface area is 146 Å². The van der Waals surface area contributed by atoms with Gasteiger partial charge in [-0.3, -0.25) is 9.59 Å². The minimum atomic E-state index is -0.647. The number of rotatable bonds is 6. The van der Waals surface area contributed by atoms with E-state index in [9.17, 15) is 9.59 Å². The van der Waals surface area contributed by atoms with Gasteiger partial charge in [0.05, 0.1) is 6.26 Å². The van der Waals surface area contributed by atoms with Crippen LogP contribution in [-0.4, -0.2) is 28.6 Å². The van der Waals surface area contributed by atoms with Crippen LogP contribution in [0, 0.1) is 0 Å². The number of hydrogen-bond donors (Lipinski definition) is 1. The average molecular weight is 362 g/mol. The average Bonchev–Trinajstić information content (AvgIpc) is 3.30. The molecule has 2 heterocycles. The molecular formula is C16H12ClN3O5. The van der Waals surface area contributed by atoms with Gasteiger partial charge in [0.2, 0.25) is 5.82 Å². The van der Waals surface area contributed by atoms with Crippen molar-refractivity contribution in [1.82, 2.24) is 15.5 Å². The molecule has 0 bridgehead atoms. The van der Waals surface area contributed by atoms with Crippen LogP contribution < -0.4 is 5.32 Å². The first kappa shape index (κ1) is 16.7. The number of nitrogens with one attached hydrogen (secondary N) is 1. The van der Waals surface area contributed by atoms with Crippen LogP contribution in [0.1, 0.15) is 16.4 Å². The Balaban J connectivity index is 1.48. The third kappa shape index (κ3) is 4.45. The van der Waals surface area contributed by atoms with Crippen molar-refractivity contribution in [3.8, 4) is 11.4 Å². The maximum Gasteiger partial charge on any atom is 0.325 e. The molecule has 3 rings (SSSR count). The van der Waals surface area contributed by atoms with Gasteiger partial charge < -0.3 is 19.0 Å². The van der Waals surface area contributed by atoms with E-state index in [1.54, 1.807) is 30.3 Å². The molecule has 1 N–H and O–H groups in total. The molecule has 25 heavy (non-hydrogen) atoms.